The van der Waals surface area contributed by atoms with Gasteiger partial charge in [-0.2, -0.15) is 5.26 Å². The zero-order valence-electron chi connectivity index (χ0n) is 12.3. The van der Waals surface area contributed by atoms with E-state index in [1.165, 1.54) is 0 Å². The van der Waals surface area contributed by atoms with E-state index in [0.717, 1.165) is 16.0 Å². The van der Waals surface area contributed by atoms with Crippen LogP contribution in [0.4, 0.5) is 5.69 Å². The molecule has 1 aliphatic rings. The summed E-state index contributed by atoms with van der Waals surface area (Å²) in [5.74, 6) is 5.19. The molecular formula is C17H15N5O. The van der Waals surface area contributed by atoms with Gasteiger partial charge in [0.1, 0.15) is 6.17 Å². The fourth-order valence-electron chi connectivity index (χ4n) is 2.62. The molecule has 1 atom stereocenters. The monoisotopic (exact) mass is 305 g/mol. The molecule has 0 bridgehead atoms. The second kappa shape index (κ2) is 6.40. The predicted molar refractivity (Wildman–Crippen MR) is 87.2 cm³/mol. The van der Waals surface area contributed by atoms with Crippen LogP contribution in [0.2, 0.25) is 0 Å². The number of hydrogen-bond acceptors (Lipinski definition) is 5. The van der Waals surface area contributed by atoms with Crippen LogP contribution in [-0.2, 0) is 4.79 Å². The maximum absolute atomic E-state index is 12.5. The Morgan fingerprint density at radius 3 is 2.61 bits per heavy atom. The van der Waals surface area contributed by atoms with Gasteiger partial charge in [-0.1, -0.05) is 42.5 Å². The van der Waals surface area contributed by atoms with E-state index in [1.54, 1.807) is 24.3 Å². The molecule has 0 aliphatic carbocycles. The lowest BCUT2D eigenvalue weighted by molar-refractivity contribution is -0.116. The molecule has 1 aliphatic heterocycles. The van der Waals surface area contributed by atoms with Crippen molar-refractivity contribution in [3.05, 3.63) is 65.7 Å². The largest absolute Gasteiger partial charge is 0.273 e. The van der Waals surface area contributed by atoms with Crippen LogP contribution in [0.15, 0.2) is 59.6 Å². The highest BCUT2D eigenvalue weighted by molar-refractivity contribution is 6.16. The molecule has 6 nitrogen and oxygen atoms in total. The lowest BCUT2D eigenvalue weighted by Crippen LogP contribution is -2.27. The van der Waals surface area contributed by atoms with Crippen LogP contribution >= 0.6 is 0 Å². The van der Waals surface area contributed by atoms with Gasteiger partial charge < -0.3 is 0 Å². The van der Waals surface area contributed by atoms with Crippen molar-refractivity contribution in [1.82, 2.24) is 5.43 Å². The van der Waals surface area contributed by atoms with E-state index in [1.807, 2.05) is 36.5 Å². The number of nitrogens with one attached hydrogen (secondary N) is 1. The van der Waals surface area contributed by atoms with Crippen LogP contribution in [-0.4, -0.2) is 11.6 Å². The zero-order valence-corrected chi connectivity index (χ0v) is 12.3. The summed E-state index contributed by atoms with van der Waals surface area (Å²) in [6.07, 6.45) is 1.61. The predicted octanol–water partition coefficient (Wildman–Crippen LogP) is 1.86. The van der Waals surface area contributed by atoms with E-state index in [-0.39, 0.29) is 18.5 Å². The van der Waals surface area contributed by atoms with E-state index < -0.39 is 0 Å². The first-order valence-electron chi connectivity index (χ1n) is 7.14. The van der Waals surface area contributed by atoms with Crippen LogP contribution in [0.3, 0.4) is 0 Å². The Labute approximate surface area is 133 Å². The summed E-state index contributed by atoms with van der Waals surface area (Å²) in [6, 6.07) is 16.4. The molecule has 0 fully saturated rings. The molecule has 0 aromatic heterocycles. The first kappa shape index (κ1) is 14.9. The van der Waals surface area contributed by atoms with E-state index in [9.17, 15) is 10.1 Å². The lowest BCUT2D eigenvalue weighted by Gasteiger charge is -2.13. The number of nitrogens with zero attached hydrogens (tertiary/aromatic N) is 3. The van der Waals surface area contributed by atoms with Gasteiger partial charge in [-0.15, -0.1) is 0 Å². The Kier molecular flexibility index (Phi) is 4.15. The van der Waals surface area contributed by atoms with Crippen molar-refractivity contribution in [2.75, 3.05) is 4.90 Å². The van der Waals surface area contributed by atoms with Gasteiger partial charge in [0.2, 0.25) is 5.91 Å². The zero-order chi connectivity index (χ0) is 16.2. The SMILES string of the molecule is N#CN(C(=O)CC1=NC(NN)c2ccccc21)c1ccccc1. The molecule has 0 saturated heterocycles. The number of para-hydroxylation sites is 1. The van der Waals surface area contributed by atoms with Gasteiger partial charge in [-0.3, -0.25) is 15.6 Å². The number of fused-ring (bicyclic) bond motifs is 1. The third-order valence-electron chi connectivity index (χ3n) is 3.69. The number of nitrogens with two attached hydrogens (primary N) is 1. The number of nitriles is 1. The van der Waals surface area contributed by atoms with Gasteiger partial charge >= 0.3 is 0 Å². The number of carbonyl (C=O) groups excluding carboxylic acids is 1. The van der Waals surface area contributed by atoms with Gasteiger partial charge in [0.25, 0.3) is 0 Å². The number of carbonyl (C=O) groups is 1. The molecule has 3 rings (SSSR count). The van der Waals surface area contributed by atoms with E-state index >= 15 is 0 Å². The van der Waals surface area contributed by atoms with Crippen molar-refractivity contribution in [3.8, 4) is 6.19 Å². The molecule has 0 radical (unpaired) electrons. The van der Waals surface area contributed by atoms with Crippen molar-refractivity contribution in [1.29, 1.82) is 5.26 Å². The quantitative estimate of drug-likeness (QED) is 0.390. The van der Waals surface area contributed by atoms with Crippen LogP contribution in [0.1, 0.15) is 23.7 Å². The maximum Gasteiger partial charge on any atom is 0.246 e. The molecule has 1 heterocycles. The molecular weight excluding hydrogens is 290 g/mol. The molecule has 3 N–H and O–H groups in total. The van der Waals surface area contributed by atoms with E-state index in [4.69, 9.17) is 5.84 Å². The first-order chi connectivity index (χ1) is 11.2. The maximum atomic E-state index is 12.5. The second-order valence-electron chi connectivity index (χ2n) is 5.07. The Bertz CT molecular complexity index is 794. The highest BCUT2D eigenvalue weighted by atomic mass is 16.2. The van der Waals surface area contributed by atoms with Crippen molar-refractivity contribution in [3.63, 3.8) is 0 Å². The van der Waals surface area contributed by atoms with Gasteiger partial charge in [0, 0.05) is 11.1 Å². The minimum atomic E-state index is -0.360. The van der Waals surface area contributed by atoms with Crippen molar-refractivity contribution in [2.45, 2.75) is 12.6 Å². The first-order valence-corrected chi connectivity index (χ1v) is 7.14. The second-order valence-corrected chi connectivity index (χ2v) is 5.07. The number of hydrogen-bond donors (Lipinski definition) is 2. The third-order valence-corrected chi connectivity index (χ3v) is 3.69. The van der Waals surface area contributed by atoms with E-state index in [0.29, 0.717) is 11.4 Å². The minimum absolute atomic E-state index is 0.0393. The topological polar surface area (TPSA) is 94.5 Å². The summed E-state index contributed by atoms with van der Waals surface area (Å²) in [4.78, 5) is 18.0. The average Bonchev–Trinajstić information content (AvgIpc) is 2.94. The molecule has 0 saturated carbocycles. The summed E-state index contributed by atoms with van der Waals surface area (Å²) in [5, 5.41) is 9.30. The standard InChI is InChI=1S/C17H15N5O/c18-11-22(12-6-2-1-3-7-12)16(23)10-15-13-8-4-5-9-14(13)17(20-15)21-19/h1-9,17,21H,10,19H2. The molecule has 1 unspecified atom stereocenters. The molecule has 1 amide bonds. The van der Waals surface area contributed by atoms with Crippen LogP contribution in [0.5, 0.6) is 0 Å². The highest BCUT2D eigenvalue weighted by Crippen LogP contribution is 2.28. The fourth-order valence-corrected chi connectivity index (χ4v) is 2.62. The lowest BCUT2D eigenvalue weighted by atomic mass is 10.0. The summed E-state index contributed by atoms with van der Waals surface area (Å²) in [6.45, 7) is 0. The number of aliphatic imine (C=N–C) groups is 1. The normalized spacial score (nSPS) is 15.5. The molecule has 2 aromatic carbocycles. The number of hydrazine groups is 1. The summed E-state index contributed by atoms with van der Waals surface area (Å²) in [5.41, 5.74) is 5.61. The van der Waals surface area contributed by atoms with Crippen molar-refractivity contribution < 1.29 is 4.79 Å². The Balaban J connectivity index is 1.85. The summed E-state index contributed by atoms with van der Waals surface area (Å²) >= 11 is 0. The van der Waals surface area contributed by atoms with Crippen molar-refractivity contribution >= 4 is 17.3 Å². The average molecular weight is 305 g/mol. The molecule has 6 heteroatoms. The van der Waals surface area contributed by atoms with Crippen LogP contribution in [0, 0.1) is 11.5 Å². The fraction of sp³-hybridized carbons (Fsp3) is 0.118. The number of benzene rings is 2. The molecule has 2 aromatic rings. The summed E-state index contributed by atoms with van der Waals surface area (Å²) in [7, 11) is 0. The van der Waals surface area contributed by atoms with Crippen LogP contribution in [0.25, 0.3) is 0 Å². The van der Waals surface area contributed by atoms with Gasteiger partial charge in [0.05, 0.1) is 17.8 Å². The molecule has 0 spiro atoms. The molecule has 23 heavy (non-hydrogen) atoms. The van der Waals surface area contributed by atoms with Crippen molar-refractivity contribution in [2.24, 2.45) is 10.8 Å². The van der Waals surface area contributed by atoms with Gasteiger partial charge in [-0.25, -0.2) is 10.3 Å². The smallest absolute Gasteiger partial charge is 0.246 e. The van der Waals surface area contributed by atoms with Gasteiger partial charge in [0.15, 0.2) is 6.19 Å². The number of amides is 1. The Morgan fingerprint density at radius 1 is 1.22 bits per heavy atom. The summed E-state index contributed by atoms with van der Waals surface area (Å²) < 4.78 is 0. The third kappa shape index (κ3) is 2.83. The minimum Gasteiger partial charge on any atom is -0.273 e. The van der Waals surface area contributed by atoms with Crippen LogP contribution < -0.4 is 16.2 Å². The Morgan fingerprint density at radius 2 is 1.91 bits per heavy atom. The number of rotatable bonds is 4. The van der Waals surface area contributed by atoms with Gasteiger partial charge in [-0.05, 0) is 12.1 Å². The van der Waals surface area contributed by atoms with E-state index in [2.05, 4.69) is 10.4 Å². The Hall–Kier alpha value is -3.01. The highest BCUT2D eigenvalue weighted by Gasteiger charge is 2.27. The molecule has 114 valence electrons. The number of anilines is 1.